The molecular weight excluding hydrogens is 568 g/mol. The van der Waals surface area contributed by atoms with Crippen molar-refractivity contribution in [1.29, 1.82) is 0 Å². The van der Waals surface area contributed by atoms with Crippen LogP contribution in [0, 0.1) is 17.8 Å². The molecule has 11 nitrogen and oxygen atoms in total. The summed E-state index contributed by atoms with van der Waals surface area (Å²) >= 11 is 0. The minimum absolute atomic E-state index is 0.0170. The molecule has 0 spiro atoms. The molecular formula is C33H40N2O9. The number of aromatic nitrogens is 1. The van der Waals surface area contributed by atoms with Crippen LogP contribution in [0.4, 0.5) is 0 Å². The van der Waals surface area contributed by atoms with Crippen molar-refractivity contribution in [1.82, 2.24) is 9.88 Å². The Bertz CT molecular complexity index is 1530. The van der Waals surface area contributed by atoms with E-state index in [1.165, 1.54) is 45.1 Å². The molecule has 1 saturated carbocycles. The SMILES string of the molecule is COC(=O)C1[C@H](OC)C(OC(=O)c2cc(OC)c(OC)c(OC)c2)C[C@H]2CN3CCc4c([nH]c5cc(OC)ccc45)C3C[C@@H]12. The van der Waals surface area contributed by atoms with Crippen LogP contribution in [0.3, 0.4) is 0 Å². The van der Waals surface area contributed by atoms with Crippen LogP contribution in [0.5, 0.6) is 23.0 Å². The summed E-state index contributed by atoms with van der Waals surface area (Å²) < 4.78 is 39.1. The first kappa shape index (κ1) is 30.1. The predicted molar refractivity (Wildman–Crippen MR) is 161 cm³/mol. The normalized spacial score (nSPS) is 26.1. The summed E-state index contributed by atoms with van der Waals surface area (Å²) in [4.78, 5) is 33.1. The van der Waals surface area contributed by atoms with Crippen LogP contribution in [0.25, 0.3) is 10.9 Å². The Hall–Kier alpha value is -3.96. The lowest BCUT2D eigenvalue weighted by molar-refractivity contribution is -0.176. The Labute approximate surface area is 256 Å². The summed E-state index contributed by atoms with van der Waals surface area (Å²) in [5.74, 6) is 0.441. The topological polar surface area (TPSA) is 118 Å². The number of piperidine rings is 1. The zero-order chi connectivity index (χ0) is 31.1. The molecule has 236 valence electrons. The third-order valence-corrected chi connectivity index (χ3v) is 9.76. The molecule has 0 amide bonds. The number of fused-ring (bicyclic) bond motifs is 6. The zero-order valence-electron chi connectivity index (χ0n) is 26.0. The Morgan fingerprint density at radius 1 is 0.909 bits per heavy atom. The number of carbonyl (C=O) groups excluding carboxylic acids is 2. The third kappa shape index (κ3) is 5.01. The lowest BCUT2D eigenvalue weighted by atomic mass is 9.63. The van der Waals surface area contributed by atoms with Gasteiger partial charge in [0.2, 0.25) is 5.75 Å². The summed E-state index contributed by atoms with van der Waals surface area (Å²) in [6.45, 7) is 1.68. The van der Waals surface area contributed by atoms with Crippen molar-refractivity contribution >= 4 is 22.8 Å². The Kier molecular flexibility index (Phi) is 8.34. The number of carbonyl (C=O) groups is 2. The van der Waals surface area contributed by atoms with Gasteiger partial charge in [-0.05, 0) is 60.9 Å². The number of ether oxygens (including phenoxy) is 7. The molecule has 3 aliphatic rings. The second-order valence-corrected chi connectivity index (χ2v) is 11.7. The minimum atomic E-state index is -0.670. The van der Waals surface area contributed by atoms with E-state index in [2.05, 4.69) is 16.0 Å². The molecule has 2 aliphatic heterocycles. The van der Waals surface area contributed by atoms with E-state index in [1.807, 2.05) is 12.1 Å². The second kappa shape index (κ2) is 12.2. The van der Waals surface area contributed by atoms with Crippen LogP contribution in [-0.2, 0) is 25.4 Å². The molecule has 1 N–H and O–H groups in total. The highest BCUT2D eigenvalue weighted by molar-refractivity contribution is 5.91. The average molecular weight is 609 g/mol. The van der Waals surface area contributed by atoms with Gasteiger partial charge in [-0.2, -0.15) is 0 Å². The van der Waals surface area contributed by atoms with E-state index in [0.29, 0.717) is 23.7 Å². The highest BCUT2D eigenvalue weighted by atomic mass is 16.6. The monoisotopic (exact) mass is 608 g/mol. The van der Waals surface area contributed by atoms with Gasteiger partial charge < -0.3 is 38.1 Å². The van der Waals surface area contributed by atoms with E-state index in [0.717, 1.165) is 37.2 Å². The van der Waals surface area contributed by atoms with E-state index in [-0.39, 0.29) is 29.4 Å². The molecule has 0 radical (unpaired) electrons. The molecule has 0 bridgehead atoms. The van der Waals surface area contributed by atoms with Gasteiger partial charge >= 0.3 is 11.9 Å². The first-order valence-electron chi connectivity index (χ1n) is 14.9. The quantitative estimate of drug-likeness (QED) is 0.374. The molecule has 44 heavy (non-hydrogen) atoms. The first-order chi connectivity index (χ1) is 21.3. The van der Waals surface area contributed by atoms with Crippen molar-refractivity contribution in [2.45, 2.75) is 37.5 Å². The molecule has 6 rings (SSSR count). The smallest absolute Gasteiger partial charge is 0.338 e. The van der Waals surface area contributed by atoms with Crippen LogP contribution in [0.2, 0.25) is 0 Å². The summed E-state index contributed by atoms with van der Waals surface area (Å²) in [6, 6.07) is 9.40. The molecule has 3 heterocycles. The summed E-state index contributed by atoms with van der Waals surface area (Å²) in [5.41, 5.74) is 3.83. The standard InChI is InChI=1S/C33H40N2O9/c1-38-19-7-8-20-21-9-10-35-16-18-13-27(44-32(36)17-11-25(39-2)30(41-4)26(12-17)40-3)31(42-5)28(33(37)43-6)22(18)15-24(35)29(21)34-23(20)14-19/h7-8,11-12,14,18,22,24,27-28,31,34H,9-10,13,15-16H2,1-6H3/t18-,22+,24?,27?,28?,31+/m0/s1. The van der Waals surface area contributed by atoms with Crippen LogP contribution in [0.1, 0.15) is 40.5 Å². The number of rotatable bonds is 8. The van der Waals surface area contributed by atoms with Crippen molar-refractivity contribution in [3.63, 3.8) is 0 Å². The van der Waals surface area contributed by atoms with Gasteiger partial charge in [-0.1, -0.05) is 0 Å². The van der Waals surface area contributed by atoms with Gasteiger partial charge in [-0.3, -0.25) is 9.69 Å². The zero-order valence-corrected chi connectivity index (χ0v) is 26.0. The Morgan fingerprint density at radius 2 is 1.66 bits per heavy atom. The fourth-order valence-electron chi connectivity index (χ4n) is 7.76. The van der Waals surface area contributed by atoms with E-state index >= 15 is 0 Å². The van der Waals surface area contributed by atoms with Crippen molar-refractivity contribution in [3.8, 4) is 23.0 Å². The van der Waals surface area contributed by atoms with Crippen LogP contribution < -0.4 is 18.9 Å². The molecule has 1 aliphatic carbocycles. The molecule has 1 saturated heterocycles. The van der Waals surface area contributed by atoms with E-state index in [1.54, 1.807) is 26.4 Å². The van der Waals surface area contributed by atoms with E-state index in [9.17, 15) is 9.59 Å². The highest BCUT2D eigenvalue weighted by Crippen LogP contribution is 2.51. The van der Waals surface area contributed by atoms with Gasteiger partial charge in [0.15, 0.2) is 11.5 Å². The number of H-pyrrole nitrogens is 1. The summed E-state index contributed by atoms with van der Waals surface area (Å²) in [5, 5.41) is 1.21. The largest absolute Gasteiger partial charge is 0.497 e. The number of hydrogen-bond acceptors (Lipinski definition) is 10. The van der Waals surface area contributed by atoms with Gasteiger partial charge in [0.25, 0.3) is 0 Å². The highest BCUT2D eigenvalue weighted by Gasteiger charge is 2.54. The minimum Gasteiger partial charge on any atom is -0.497 e. The maximum absolute atomic E-state index is 13.5. The molecule has 2 fully saturated rings. The lowest BCUT2D eigenvalue weighted by Gasteiger charge is -2.52. The van der Waals surface area contributed by atoms with Crippen LogP contribution >= 0.6 is 0 Å². The maximum atomic E-state index is 13.5. The van der Waals surface area contributed by atoms with Gasteiger partial charge in [0, 0.05) is 42.9 Å². The lowest BCUT2D eigenvalue weighted by Crippen LogP contribution is -2.58. The van der Waals surface area contributed by atoms with E-state index < -0.39 is 24.1 Å². The Morgan fingerprint density at radius 3 is 2.30 bits per heavy atom. The van der Waals surface area contributed by atoms with Gasteiger partial charge in [0.1, 0.15) is 18.0 Å². The first-order valence-corrected chi connectivity index (χ1v) is 14.9. The molecule has 11 heteroatoms. The molecule has 2 aromatic carbocycles. The molecule has 3 unspecified atom stereocenters. The predicted octanol–water partition coefficient (Wildman–Crippen LogP) is 4.17. The number of nitrogens with one attached hydrogen (secondary N) is 1. The maximum Gasteiger partial charge on any atom is 0.338 e. The summed E-state index contributed by atoms with van der Waals surface area (Å²) in [6.07, 6.45) is 0.920. The van der Waals surface area contributed by atoms with Gasteiger partial charge in [-0.25, -0.2) is 4.79 Å². The number of aromatic amines is 1. The molecule has 6 atom stereocenters. The second-order valence-electron chi connectivity index (χ2n) is 11.7. The number of benzene rings is 2. The number of esters is 2. The summed E-state index contributed by atoms with van der Waals surface area (Å²) in [7, 11) is 9.10. The van der Waals surface area contributed by atoms with Gasteiger partial charge in [-0.15, -0.1) is 0 Å². The number of nitrogens with zero attached hydrogens (tertiary/aromatic N) is 1. The fraction of sp³-hybridized carbons (Fsp3) is 0.515. The van der Waals surface area contributed by atoms with Gasteiger partial charge in [0.05, 0.1) is 53.1 Å². The molecule has 1 aromatic heterocycles. The van der Waals surface area contributed by atoms with Crippen LogP contribution in [0.15, 0.2) is 30.3 Å². The third-order valence-electron chi connectivity index (χ3n) is 9.76. The van der Waals surface area contributed by atoms with Crippen molar-refractivity contribution in [2.75, 3.05) is 55.7 Å². The van der Waals surface area contributed by atoms with E-state index in [4.69, 9.17) is 33.2 Å². The fourth-order valence-corrected chi connectivity index (χ4v) is 7.76. The van der Waals surface area contributed by atoms with Crippen molar-refractivity contribution < 1.29 is 42.7 Å². The van der Waals surface area contributed by atoms with Crippen molar-refractivity contribution in [2.24, 2.45) is 17.8 Å². The van der Waals surface area contributed by atoms with Crippen molar-refractivity contribution in [3.05, 3.63) is 47.2 Å². The number of methoxy groups -OCH3 is 6. The average Bonchev–Trinajstić information content (AvgIpc) is 3.43. The Balaban J connectivity index is 1.29. The van der Waals surface area contributed by atoms with Crippen LogP contribution in [-0.4, -0.2) is 89.8 Å². The number of hydrogen-bond donors (Lipinski definition) is 1. The molecule has 3 aromatic rings.